The van der Waals surface area contributed by atoms with Gasteiger partial charge in [0.2, 0.25) is 0 Å². The highest BCUT2D eigenvalue weighted by molar-refractivity contribution is 5.91. The van der Waals surface area contributed by atoms with Crippen molar-refractivity contribution >= 4 is 17.7 Å². The fourth-order valence-corrected chi connectivity index (χ4v) is 2.75. The minimum Gasteiger partial charge on any atom is -0.481 e. The Bertz CT molecular complexity index is 538. The highest BCUT2D eigenvalue weighted by atomic mass is 16.4. The van der Waals surface area contributed by atoms with Crippen molar-refractivity contribution < 1.29 is 14.7 Å². The van der Waals surface area contributed by atoms with Crippen LogP contribution in [0.25, 0.3) is 0 Å². The Labute approximate surface area is 125 Å². The van der Waals surface area contributed by atoms with Crippen molar-refractivity contribution in [2.24, 2.45) is 5.41 Å². The van der Waals surface area contributed by atoms with Gasteiger partial charge in [0.1, 0.15) is 0 Å². The van der Waals surface area contributed by atoms with Crippen molar-refractivity contribution in [2.75, 3.05) is 18.5 Å². The number of benzene rings is 1. The number of rotatable bonds is 5. The Morgan fingerprint density at radius 1 is 1.38 bits per heavy atom. The van der Waals surface area contributed by atoms with Gasteiger partial charge in [-0.3, -0.25) is 9.69 Å². The largest absolute Gasteiger partial charge is 0.481 e. The fourth-order valence-electron chi connectivity index (χ4n) is 2.75. The third-order valence-corrected chi connectivity index (χ3v) is 4.25. The number of hydrogen-bond donors (Lipinski definition) is 2. The molecule has 5 nitrogen and oxygen atoms in total. The molecule has 1 aliphatic rings. The molecule has 0 radical (unpaired) electrons. The Morgan fingerprint density at radius 2 is 2.10 bits per heavy atom. The summed E-state index contributed by atoms with van der Waals surface area (Å²) in [7, 11) is 1.72. The number of carboxylic acid groups (broad SMARTS) is 1. The zero-order valence-electron chi connectivity index (χ0n) is 12.6. The zero-order chi connectivity index (χ0) is 15.5. The van der Waals surface area contributed by atoms with Crippen molar-refractivity contribution in [1.29, 1.82) is 0 Å². The molecular formula is C16H22N2O3. The molecule has 0 heterocycles. The summed E-state index contributed by atoms with van der Waals surface area (Å²) < 4.78 is 0. The van der Waals surface area contributed by atoms with Crippen LogP contribution in [0.1, 0.15) is 31.2 Å². The standard InChI is InChI=1S/C16H22N2O3/c1-12-5-3-6-13(9-12)18(2)15(21)17-11-16(7-4-8-16)10-14(19)20/h3,5-6,9H,4,7-8,10-11H2,1-2H3,(H,17,21)(H,19,20). The molecule has 0 atom stereocenters. The molecule has 1 fully saturated rings. The van der Waals surface area contributed by atoms with Crippen LogP contribution in [0.3, 0.4) is 0 Å². The Balaban J connectivity index is 1.93. The summed E-state index contributed by atoms with van der Waals surface area (Å²) in [6.07, 6.45) is 2.90. The maximum Gasteiger partial charge on any atom is 0.321 e. The third kappa shape index (κ3) is 3.74. The maximum atomic E-state index is 12.2. The maximum absolute atomic E-state index is 12.2. The van der Waals surface area contributed by atoms with E-state index in [1.807, 2.05) is 31.2 Å². The number of anilines is 1. The first kappa shape index (κ1) is 15.4. The van der Waals surface area contributed by atoms with E-state index in [0.29, 0.717) is 6.54 Å². The van der Waals surface area contributed by atoms with Crippen LogP contribution in [0, 0.1) is 12.3 Å². The highest BCUT2D eigenvalue weighted by Gasteiger charge is 2.39. The minimum atomic E-state index is -0.795. The van der Waals surface area contributed by atoms with Gasteiger partial charge in [0.05, 0.1) is 6.42 Å². The van der Waals surface area contributed by atoms with Gasteiger partial charge in [-0.1, -0.05) is 18.6 Å². The molecule has 0 spiro atoms. The van der Waals surface area contributed by atoms with E-state index in [9.17, 15) is 9.59 Å². The van der Waals surface area contributed by atoms with Crippen LogP contribution in [0.2, 0.25) is 0 Å². The second kappa shape index (κ2) is 6.16. The van der Waals surface area contributed by atoms with Crippen LogP contribution < -0.4 is 10.2 Å². The van der Waals surface area contributed by atoms with Gasteiger partial charge in [-0.25, -0.2) is 4.79 Å². The highest BCUT2D eigenvalue weighted by Crippen LogP contribution is 2.43. The quantitative estimate of drug-likeness (QED) is 0.876. The van der Waals surface area contributed by atoms with Crippen LogP contribution in [0.5, 0.6) is 0 Å². The van der Waals surface area contributed by atoms with Crippen LogP contribution in [-0.4, -0.2) is 30.7 Å². The van der Waals surface area contributed by atoms with Crippen molar-refractivity contribution in [3.05, 3.63) is 29.8 Å². The number of carboxylic acids is 1. The van der Waals surface area contributed by atoms with Gasteiger partial charge in [-0.05, 0) is 42.9 Å². The van der Waals surface area contributed by atoms with E-state index in [-0.39, 0.29) is 17.9 Å². The lowest BCUT2D eigenvalue weighted by molar-refractivity contribution is -0.141. The summed E-state index contributed by atoms with van der Waals surface area (Å²) in [5.41, 5.74) is 1.66. The van der Waals surface area contributed by atoms with Gasteiger partial charge in [-0.2, -0.15) is 0 Å². The average molecular weight is 290 g/mol. The molecule has 1 aliphatic carbocycles. The molecule has 0 aromatic heterocycles. The number of aryl methyl sites for hydroxylation is 1. The number of carbonyl (C=O) groups is 2. The molecule has 1 saturated carbocycles. The third-order valence-electron chi connectivity index (χ3n) is 4.25. The number of nitrogens with one attached hydrogen (secondary N) is 1. The molecule has 5 heteroatoms. The van der Waals surface area contributed by atoms with Gasteiger partial charge in [-0.15, -0.1) is 0 Å². The predicted molar refractivity (Wildman–Crippen MR) is 81.5 cm³/mol. The van der Waals surface area contributed by atoms with E-state index in [0.717, 1.165) is 30.5 Å². The molecule has 114 valence electrons. The first-order chi connectivity index (χ1) is 9.92. The number of carbonyl (C=O) groups excluding carboxylic acids is 1. The normalized spacial score (nSPS) is 15.9. The SMILES string of the molecule is Cc1cccc(N(C)C(=O)NCC2(CC(=O)O)CCC2)c1. The van der Waals surface area contributed by atoms with Crippen molar-refractivity contribution in [3.8, 4) is 0 Å². The van der Waals surface area contributed by atoms with Gasteiger partial charge in [0, 0.05) is 19.3 Å². The molecule has 2 rings (SSSR count). The summed E-state index contributed by atoms with van der Waals surface area (Å²) in [4.78, 5) is 24.7. The number of urea groups is 1. The molecule has 0 unspecified atom stereocenters. The molecule has 0 saturated heterocycles. The molecule has 1 aromatic rings. The number of aliphatic carboxylic acids is 1. The summed E-state index contributed by atoms with van der Waals surface area (Å²) in [6, 6.07) is 7.51. The van der Waals surface area contributed by atoms with Crippen molar-refractivity contribution in [3.63, 3.8) is 0 Å². The summed E-state index contributed by atoms with van der Waals surface area (Å²) in [5, 5.41) is 11.8. The predicted octanol–water partition coefficient (Wildman–Crippen LogP) is 2.79. The molecule has 0 aliphatic heterocycles. The van der Waals surface area contributed by atoms with Gasteiger partial charge < -0.3 is 10.4 Å². The monoisotopic (exact) mass is 290 g/mol. The second-order valence-electron chi connectivity index (χ2n) is 5.98. The Hall–Kier alpha value is -2.04. The van der Waals surface area contributed by atoms with E-state index in [1.54, 1.807) is 11.9 Å². The van der Waals surface area contributed by atoms with Crippen molar-refractivity contribution in [2.45, 2.75) is 32.6 Å². The van der Waals surface area contributed by atoms with Crippen LogP contribution in [0.15, 0.2) is 24.3 Å². The number of hydrogen-bond acceptors (Lipinski definition) is 2. The van der Waals surface area contributed by atoms with Crippen molar-refractivity contribution in [1.82, 2.24) is 5.32 Å². The summed E-state index contributed by atoms with van der Waals surface area (Å²) in [6.45, 7) is 2.40. The minimum absolute atomic E-state index is 0.126. The zero-order valence-corrected chi connectivity index (χ0v) is 12.6. The van der Waals surface area contributed by atoms with E-state index in [1.165, 1.54) is 0 Å². The molecule has 2 amide bonds. The fraction of sp³-hybridized carbons (Fsp3) is 0.500. The van der Waals surface area contributed by atoms with E-state index in [4.69, 9.17) is 5.11 Å². The summed E-state index contributed by atoms with van der Waals surface area (Å²) >= 11 is 0. The molecule has 0 bridgehead atoms. The average Bonchev–Trinajstić information content (AvgIpc) is 2.40. The smallest absolute Gasteiger partial charge is 0.321 e. The summed E-state index contributed by atoms with van der Waals surface area (Å²) in [5.74, 6) is -0.795. The van der Waals surface area contributed by atoms with Crippen LogP contribution in [-0.2, 0) is 4.79 Å². The van der Waals surface area contributed by atoms with Gasteiger partial charge in [0.15, 0.2) is 0 Å². The van der Waals surface area contributed by atoms with Gasteiger partial charge >= 0.3 is 12.0 Å². The number of nitrogens with zero attached hydrogens (tertiary/aromatic N) is 1. The first-order valence-corrected chi connectivity index (χ1v) is 7.22. The Morgan fingerprint density at radius 3 is 2.62 bits per heavy atom. The molecule has 21 heavy (non-hydrogen) atoms. The lowest BCUT2D eigenvalue weighted by Crippen LogP contribution is -2.47. The van der Waals surface area contributed by atoms with E-state index < -0.39 is 5.97 Å². The lowest BCUT2D eigenvalue weighted by Gasteiger charge is -2.41. The van der Waals surface area contributed by atoms with Crippen LogP contribution >= 0.6 is 0 Å². The topological polar surface area (TPSA) is 69.6 Å². The molecule has 2 N–H and O–H groups in total. The lowest BCUT2D eigenvalue weighted by atomic mass is 9.66. The van der Waals surface area contributed by atoms with Gasteiger partial charge in [0.25, 0.3) is 0 Å². The van der Waals surface area contributed by atoms with E-state index in [2.05, 4.69) is 5.32 Å². The number of amides is 2. The van der Waals surface area contributed by atoms with E-state index >= 15 is 0 Å². The van der Waals surface area contributed by atoms with Crippen LogP contribution in [0.4, 0.5) is 10.5 Å². The molecular weight excluding hydrogens is 268 g/mol. The second-order valence-corrected chi connectivity index (χ2v) is 5.98. The Kier molecular flexibility index (Phi) is 4.50. The molecule has 1 aromatic carbocycles. The first-order valence-electron chi connectivity index (χ1n) is 7.22.